The van der Waals surface area contributed by atoms with Crippen molar-refractivity contribution in [1.29, 1.82) is 0 Å². The maximum atomic E-state index is 3.73. The summed E-state index contributed by atoms with van der Waals surface area (Å²) in [6.07, 6.45) is 1.27. The molecule has 0 spiro atoms. The molecule has 0 bridgehead atoms. The van der Waals surface area contributed by atoms with Crippen molar-refractivity contribution in [1.82, 2.24) is 10.2 Å². The second-order valence-electron chi connectivity index (χ2n) is 8.87. The maximum Gasteiger partial charge on any atom is 0.0278 e. The molecule has 1 N–H and O–H groups in total. The molecule has 108 valence electrons. The molecule has 0 aromatic carbocycles. The topological polar surface area (TPSA) is 15.3 Å². The summed E-state index contributed by atoms with van der Waals surface area (Å²) in [5.41, 5.74) is 1.06. The highest BCUT2D eigenvalue weighted by molar-refractivity contribution is 4.96. The van der Waals surface area contributed by atoms with Crippen molar-refractivity contribution in [3.8, 4) is 0 Å². The summed E-state index contributed by atoms with van der Waals surface area (Å²) in [4.78, 5) is 2.69. The van der Waals surface area contributed by atoms with Gasteiger partial charge >= 0.3 is 0 Å². The minimum absolute atomic E-state index is 0.285. The fraction of sp³-hybridized carbons (Fsp3) is 1.00. The van der Waals surface area contributed by atoms with Crippen molar-refractivity contribution >= 4 is 0 Å². The molecule has 1 rings (SSSR count). The van der Waals surface area contributed by atoms with Gasteiger partial charge in [0.1, 0.15) is 0 Å². The van der Waals surface area contributed by atoms with Gasteiger partial charge in [-0.2, -0.15) is 0 Å². The first-order valence-electron chi connectivity index (χ1n) is 7.40. The largest absolute Gasteiger partial charge is 0.310 e. The third-order valence-electron chi connectivity index (χ3n) is 4.22. The molecule has 0 aromatic heterocycles. The fourth-order valence-corrected chi connectivity index (χ4v) is 2.46. The third-order valence-corrected chi connectivity index (χ3v) is 4.22. The van der Waals surface area contributed by atoms with E-state index in [2.05, 4.69) is 65.6 Å². The predicted molar refractivity (Wildman–Crippen MR) is 81.0 cm³/mol. The lowest BCUT2D eigenvalue weighted by molar-refractivity contribution is 0.0285. The van der Waals surface area contributed by atoms with E-state index in [0.717, 1.165) is 6.54 Å². The van der Waals surface area contributed by atoms with Crippen LogP contribution in [0, 0.1) is 10.8 Å². The van der Waals surface area contributed by atoms with Gasteiger partial charge in [-0.3, -0.25) is 4.90 Å². The Bertz CT molecular complexity index is 268. The zero-order chi connectivity index (χ0) is 14.2. The Labute approximate surface area is 115 Å². The SMILES string of the molecule is CC(C)(C)CCN1CC(C(C)(C)C)NCC1(C)C. The van der Waals surface area contributed by atoms with Crippen molar-refractivity contribution in [2.45, 2.75) is 73.4 Å². The molecule has 0 radical (unpaired) electrons. The van der Waals surface area contributed by atoms with E-state index < -0.39 is 0 Å². The van der Waals surface area contributed by atoms with Gasteiger partial charge in [-0.15, -0.1) is 0 Å². The van der Waals surface area contributed by atoms with Gasteiger partial charge in [-0.1, -0.05) is 41.5 Å². The van der Waals surface area contributed by atoms with Crippen LogP contribution in [0.2, 0.25) is 0 Å². The number of nitrogens with one attached hydrogen (secondary N) is 1. The van der Waals surface area contributed by atoms with Crippen LogP contribution in [0.15, 0.2) is 0 Å². The Kier molecular flexibility index (Phi) is 4.55. The number of hydrogen-bond donors (Lipinski definition) is 1. The first kappa shape index (κ1) is 16.0. The van der Waals surface area contributed by atoms with E-state index >= 15 is 0 Å². The molecular weight excluding hydrogens is 220 g/mol. The standard InChI is InChI=1S/C16H34N2/c1-14(2,3)9-10-18-11-13(15(4,5)6)17-12-16(18,7)8/h13,17H,9-12H2,1-8H3. The Morgan fingerprint density at radius 3 is 2.11 bits per heavy atom. The van der Waals surface area contributed by atoms with Crippen LogP contribution in [-0.4, -0.2) is 36.1 Å². The molecule has 2 heteroatoms. The highest BCUT2D eigenvalue weighted by Crippen LogP contribution is 2.29. The lowest BCUT2D eigenvalue weighted by atomic mass is 9.82. The summed E-state index contributed by atoms with van der Waals surface area (Å²) in [6.45, 7) is 22.2. The van der Waals surface area contributed by atoms with Gasteiger partial charge in [0.15, 0.2) is 0 Å². The Hall–Kier alpha value is -0.0800. The van der Waals surface area contributed by atoms with Gasteiger partial charge in [0.05, 0.1) is 0 Å². The van der Waals surface area contributed by atoms with Gasteiger partial charge in [0.25, 0.3) is 0 Å². The Morgan fingerprint density at radius 2 is 1.67 bits per heavy atom. The number of rotatable bonds is 2. The smallest absolute Gasteiger partial charge is 0.0278 e. The van der Waals surface area contributed by atoms with Crippen LogP contribution in [0.4, 0.5) is 0 Å². The van der Waals surface area contributed by atoms with E-state index in [-0.39, 0.29) is 5.54 Å². The Balaban J connectivity index is 2.66. The van der Waals surface area contributed by atoms with Crippen LogP contribution in [0.25, 0.3) is 0 Å². The minimum Gasteiger partial charge on any atom is -0.310 e. The van der Waals surface area contributed by atoms with E-state index in [1.807, 2.05) is 0 Å². The highest BCUT2D eigenvalue weighted by atomic mass is 15.3. The van der Waals surface area contributed by atoms with Gasteiger partial charge < -0.3 is 5.32 Å². The molecule has 1 fully saturated rings. The molecule has 1 unspecified atom stereocenters. The van der Waals surface area contributed by atoms with Gasteiger partial charge in [-0.05, 0) is 37.6 Å². The quantitative estimate of drug-likeness (QED) is 0.811. The second kappa shape index (κ2) is 5.13. The summed E-state index contributed by atoms with van der Waals surface area (Å²) >= 11 is 0. The number of piperazine rings is 1. The average Bonchev–Trinajstić information content (AvgIpc) is 2.11. The zero-order valence-corrected chi connectivity index (χ0v) is 13.9. The van der Waals surface area contributed by atoms with E-state index in [4.69, 9.17) is 0 Å². The molecule has 1 atom stereocenters. The molecule has 18 heavy (non-hydrogen) atoms. The van der Waals surface area contributed by atoms with Gasteiger partial charge in [0.2, 0.25) is 0 Å². The molecule has 0 saturated carbocycles. The molecular formula is C16H34N2. The first-order chi connectivity index (χ1) is 7.92. The highest BCUT2D eigenvalue weighted by Gasteiger charge is 2.38. The van der Waals surface area contributed by atoms with E-state index in [1.54, 1.807) is 0 Å². The van der Waals surface area contributed by atoms with Crippen LogP contribution >= 0.6 is 0 Å². The number of hydrogen-bond acceptors (Lipinski definition) is 2. The van der Waals surface area contributed by atoms with Gasteiger partial charge in [0, 0.05) is 24.7 Å². The molecule has 1 saturated heterocycles. The monoisotopic (exact) mass is 254 g/mol. The van der Waals surface area contributed by atoms with Crippen molar-refractivity contribution in [3.05, 3.63) is 0 Å². The average molecular weight is 254 g/mol. The minimum atomic E-state index is 0.285. The maximum absolute atomic E-state index is 3.73. The molecule has 0 aliphatic carbocycles. The molecule has 1 aliphatic rings. The van der Waals surface area contributed by atoms with E-state index in [0.29, 0.717) is 16.9 Å². The normalized spacial score (nSPS) is 26.3. The van der Waals surface area contributed by atoms with Crippen LogP contribution in [-0.2, 0) is 0 Å². The summed E-state index contributed by atoms with van der Waals surface area (Å²) in [5.74, 6) is 0. The summed E-state index contributed by atoms with van der Waals surface area (Å²) in [5, 5.41) is 3.73. The summed E-state index contributed by atoms with van der Waals surface area (Å²) in [7, 11) is 0. The van der Waals surface area contributed by atoms with Crippen LogP contribution < -0.4 is 5.32 Å². The van der Waals surface area contributed by atoms with Crippen molar-refractivity contribution in [3.63, 3.8) is 0 Å². The van der Waals surface area contributed by atoms with Crippen LogP contribution in [0.3, 0.4) is 0 Å². The summed E-state index contributed by atoms with van der Waals surface area (Å²) < 4.78 is 0. The van der Waals surface area contributed by atoms with E-state index in [1.165, 1.54) is 19.5 Å². The molecule has 0 amide bonds. The second-order valence-corrected chi connectivity index (χ2v) is 8.87. The lowest BCUT2D eigenvalue weighted by Crippen LogP contribution is -2.65. The van der Waals surface area contributed by atoms with E-state index in [9.17, 15) is 0 Å². The molecule has 1 aliphatic heterocycles. The van der Waals surface area contributed by atoms with Crippen molar-refractivity contribution < 1.29 is 0 Å². The third kappa shape index (κ3) is 4.55. The van der Waals surface area contributed by atoms with Crippen molar-refractivity contribution in [2.75, 3.05) is 19.6 Å². The Morgan fingerprint density at radius 1 is 1.11 bits per heavy atom. The first-order valence-corrected chi connectivity index (χ1v) is 7.40. The zero-order valence-electron chi connectivity index (χ0n) is 13.9. The molecule has 0 aromatic rings. The lowest BCUT2D eigenvalue weighted by Gasteiger charge is -2.50. The van der Waals surface area contributed by atoms with Crippen LogP contribution in [0.5, 0.6) is 0 Å². The summed E-state index contributed by atoms with van der Waals surface area (Å²) in [6, 6.07) is 0.602. The van der Waals surface area contributed by atoms with Gasteiger partial charge in [-0.25, -0.2) is 0 Å². The predicted octanol–water partition coefficient (Wildman–Crippen LogP) is 3.52. The fourth-order valence-electron chi connectivity index (χ4n) is 2.46. The molecule has 2 nitrogen and oxygen atoms in total. The van der Waals surface area contributed by atoms with Crippen LogP contribution in [0.1, 0.15) is 61.8 Å². The van der Waals surface area contributed by atoms with Crippen molar-refractivity contribution in [2.24, 2.45) is 10.8 Å². The molecule has 1 heterocycles. The number of nitrogens with zero attached hydrogens (tertiary/aromatic N) is 1.